The Kier molecular flexibility index (Phi) is 3.92. The highest BCUT2D eigenvalue weighted by atomic mass is 16.2. The van der Waals surface area contributed by atoms with Crippen LogP contribution >= 0.6 is 0 Å². The van der Waals surface area contributed by atoms with Gasteiger partial charge in [-0.05, 0) is 23.3 Å². The van der Waals surface area contributed by atoms with Gasteiger partial charge in [-0.1, -0.05) is 66.7 Å². The summed E-state index contributed by atoms with van der Waals surface area (Å²) in [7, 11) is 0. The molecule has 6 nitrogen and oxygen atoms in total. The van der Waals surface area contributed by atoms with Crippen molar-refractivity contribution in [2.75, 3.05) is 0 Å². The molecule has 6 rings (SSSR count). The number of hydrogen-bond donors (Lipinski definition) is 1. The summed E-state index contributed by atoms with van der Waals surface area (Å²) in [5.74, 6) is -0.869. The highest BCUT2D eigenvalue weighted by Crippen LogP contribution is 2.47. The van der Waals surface area contributed by atoms with Crippen LogP contribution < -0.4 is 11.2 Å². The van der Waals surface area contributed by atoms with Crippen LogP contribution in [0.2, 0.25) is 0 Å². The molecule has 0 spiro atoms. The first-order chi connectivity index (χ1) is 15.6. The van der Waals surface area contributed by atoms with E-state index < -0.39 is 23.1 Å². The van der Waals surface area contributed by atoms with Gasteiger partial charge in [0, 0.05) is 23.6 Å². The average molecular weight is 421 g/mol. The fraction of sp³-hybridized carbons (Fsp3) is 0.154. The molecule has 0 bridgehead atoms. The summed E-state index contributed by atoms with van der Waals surface area (Å²) in [4.78, 5) is 46.6. The maximum absolute atomic E-state index is 13.6. The van der Waals surface area contributed by atoms with E-state index in [0.29, 0.717) is 29.2 Å². The Balaban J connectivity index is 1.76. The van der Waals surface area contributed by atoms with Crippen LogP contribution in [0.4, 0.5) is 5.82 Å². The van der Waals surface area contributed by atoms with E-state index in [2.05, 4.69) is 4.98 Å². The number of carbonyl (C=O) groups is 1. The molecule has 1 aromatic heterocycles. The average Bonchev–Trinajstić information content (AvgIpc) is 3.10. The van der Waals surface area contributed by atoms with Crippen LogP contribution in [-0.4, -0.2) is 21.0 Å². The number of H-pyrrole nitrogens is 1. The smallest absolute Gasteiger partial charge is 0.293 e. The number of benzene rings is 3. The van der Waals surface area contributed by atoms with E-state index in [0.717, 1.165) is 21.9 Å². The summed E-state index contributed by atoms with van der Waals surface area (Å²) >= 11 is 0. The standard InChI is InChI=1S/C26H19N3O3/c1-2-29-24-21(25(31)28-26(29)32)19(16-13-7-9-14-8-3-4-10-15(14)16)20-22(27-24)17-11-5-6-12-18(17)23(20)30/h3-13,19-20H,2H2,1H3,(H,28,31,32). The Hall–Kier alpha value is -4.06. The summed E-state index contributed by atoms with van der Waals surface area (Å²) in [5.41, 5.74) is 2.29. The Bertz CT molecular complexity index is 1590. The van der Waals surface area contributed by atoms with Crippen molar-refractivity contribution in [3.8, 4) is 0 Å². The van der Waals surface area contributed by atoms with Gasteiger partial charge < -0.3 is 0 Å². The summed E-state index contributed by atoms with van der Waals surface area (Å²) in [6.45, 7) is 2.20. The summed E-state index contributed by atoms with van der Waals surface area (Å²) < 4.78 is 1.48. The number of nitrogens with one attached hydrogen (secondary N) is 1. The Morgan fingerprint density at radius 2 is 1.59 bits per heavy atom. The molecule has 1 aliphatic heterocycles. The molecular formula is C26H19N3O3. The SMILES string of the molecule is CCn1c2c(c(=O)[nH]c1=O)C(c1cccc3ccccc13)C1C(=O)c3ccccc3C1=N2. The van der Waals surface area contributed by atoms with Gasteiger partial charge in [-0.15, -0.1) is 0 Å². The quantitative estimate of drug-likeness (QED) is 0.534. The number of carbonyl (C=O) groups excluding carboxylic acids is 1. The van der Waals surface area contributed by atoms with Crippen molar-refractivity contribution in [2.45, 2.75) is 19.4 Å². The van der Waals surface area contributed by atoms with Crippen molar-refractivity contribution in [3.05, 3.63) is 110 Å². The van der Waals surface area contributed by atoms with Gasteiger partial charge in [0.2, 0.25) is 0 Å². The van der Waals surface area contributed by atoms with Crippen molar-refractivity contribution in [1.82, 2.24) is 9.55 Å². The van der Waals surface area contributed by atoms with Crippen LogP contribution in [0.25, 0.3) is 10.8 Å². The fourth-order valence-corrected chi connectivity index (χ4v) is 5.23. The molecule has 0 fully saturated rings. The van der Waals surface area contributed by atoms with E-state index in [4.69, 9.17) is 4.99 Å². The number of aromatic nitrogens is 2. The predicted octanol–water partition coefficient (Wildman–Crippen LogP) is 3.79. The number of hydrogen-bond acceptors (Lipinski definition) is 4. The number of Topliss-reactive ketones (excluding diaryl/α,β-unsaturated/α-hetero) is 1. The molecule has 2 unspecified atom stereocenters. The second kappa shape index (κ2) is 6.72. The zero-order valence-corrected chi connectivity index (χ0v) is 17.3. The molecule has 3 aromatic carbocycles. The molecule has 0 saturated carbocycles. The minimum atomic E-state index is -0.616. The largest absolute Gasteiger partial charge is 0.329 e. The van der Waals surface area contributed by atoms with Crippen molar-refractivity contribution in [2.24, 2.45) is 10.9 Å². The molecule has 2 aliphatic rings. The highest BCUT2D eigenvalue weighted by Gasteiger charge is 2.47. The first-order valence-electron chi connectivity index (χ1n) is 10.7. The van der Waals surface area contributed by atoms with E-state index in [1.54, 1.807) is 6.07 Å². The van der Waals surface area contributed by atoms with Crippen LogP contribution in [0, 0.1) is 5.92 Å². The van der Waals surface area contributed by atoms with Gasteiger partial charge >= 0.3 is 5.69 Å². The first kappa shape index (κ1) is 18.7. The Labute approximate surface area is 182 Å². The molecule has 4 aromatic rings. The lowest BCUT2D eigenvalue weighted by atomic mass is 9.75. The van der Waals surface area contributed by atoms with E-state index in [-0.39, 0.29) is 5.78 Å². The third-order valence-electron chi connectivity index (χ3n) is 6.60. The van der Waals surface area contributed by atoms with Crippen LogP contribution in [0.1, 0.15) is 39.9 Å². The summed E-state index contributed by atoms with van der Waals surface area (Å²) in [6, 6.07) is 21.3. The number of ketones is 1. The number of fused-ring (bicyclic) bond motifs is 5. The van der Waals surface area contributed by atoms with Gasteiger partial charge in [-0.2, -0.15) is 0 Å². The monoisotopic (exact) mass is 421 g/mol. The number of nitrogens with zero attached hydrogens (tertiary/aromatic N) is 2. The van der Waals surface area contributed by atoms with Crippen molar-refractivity contribution in [1.29, 1.82) is 0 Å². The van der Waals surface area contributed by atoms with Crippen molar-refractivity contribution in [3.63, 3.8) is 0 Å². The van der Waals surface area contributed by atoms with Gasteiger partial charge in [-0.25, -0.2) is 9.79 Å². The summed E-state index contributed by atoms with van der Waals surface area (Å²) in [5, 5.41) is 2.00. The molecule has 156 valence electrons. The molecule has 0 amide bonds. The van der Waals surface area contributed by atoms with Crippen LogP contribution in [0.15, 0.2) is 81.3 Å². The maximum Gasteiger partial charge on any atom is 0.329 e. The van der Waals surface area contributed by atoms with E-state index in [9.17, 15) is 14.4 Å². The Morgan fingerprint density at radius 1 is 0.875 bits per heavy atom. The zero-order chi connectivity index (χ0) is 22.0. The first-order valence-corrected chi connectivity index (χ1v) is 10.7. The molecule has 2 atom stereocenters. The number of aromatic amines is 1. The van der Waals surface area contributed by atoms with Gasteiger partial charge in [-0.3, -0.25) is 19.1 Å². The van der Waals surface area contributed by atoms with Crippen LogP contribution in [0.3, 0.4) is 0 Å². The minimum Gasteiger partial charge on any atom is -0.293 e. The Morgan fingerprint density at radius 3 is 2.41 bits per heavy atom. The van der Waals surface area contributed by atoms with Gasteiger partial charge in [0.15, 0.2) is 5.78 Å². The topological polar surface area (TPSA) is 84.3 Å². The third kappa shape index (κ3) is 2.40. The lowest BCUT2D eigenvalue weighted by Gasteiger charge is -2.30. The maximum atomic E-state index is 13.6. The minimum absolute atomic E-state index is 0.0448. The molecule has 32 heavy (non-hydrogen) atoms. The van der Waals surface area contributed by atoms with Gasteiger partial charge in [0.25, 0.3) is 5.56 Å². The molecule has 0 radical (unpaired) electrons. The van der Waals surface area contributed by atoms with Crippen LogP contribution in [0.5, 0.6) is 0 Å². The molecule has 0 saturated heterocycles. The molecule has 6 heteroatoms. The van der Waals surface area contributed by atoms with Gasteiger partial charge in [0.05, 0.1) is 17.2 Å². The lowest BCUT2D eigenvalue weighted by Crippen LogP contribution is -2.39. The normalized spacial score (nSPS) is 18.8. The number of rotatable bonds is 2. The van der Waals surface area contributed by atoms with E-state index in [1.807, 2.05) is 67.6 Å². The van der Waals surface area contributed by atoms with Crippen LogP contribution in [-0.2, 0) is 6.54 Å². The van der Waals surface area contributed by atoms with Crippen molar-refractivity contribution >= 4 is 28.1 Å². The second-order valence-electron chi connectivity index (χ2n) is 8.17. The lowest BCUT2D eigenvalue weighted by molar-refractivity contribution is 0.0953. The van der Waals surface area contributed by atoms with Crippen molar-refractivity contribution < 1.29 is 4.79 Å². The number of aliphatic imine (C=N–C) groups is 1. The molecule has 2 heterocycles. The van der Waals surface area contributed by atoms with E-state index in [1.165, 1.54) is 4.57 Å². The van der Waals surface area contributed by atoms with Gasteiger partial charge in [0.1, 0.15) is 5.82 Å². The molecular weight excluding hydrogens is 402 g/mol. The summed E-state index contributed by atoms with van der Waals surface area (Å²) in [6.07, 6.45) is 0. The highest BCUT2D eigenvalue weighted by molar-refractivity contribution is 6.30. The predicted molar refractivity (Wildman–Crippen MR) is 123 cm³/mol. The second-order valence-corrected chi connectivity index (χ2v) is 8.17. The van der Waals surface area contributed by atoms with E-state index >= 15 is 0 Å². The fourth-order valence-electron chi connectivity index (χ4n) is 5.23. The third-order valence-corrected chi connectivity index (χ3v) is 6.60. The zero-order valence-electron chi connectivity index (χ0n) is 17.3. The molecule has 1 aliphatic carbocycles. The molecule has 1 N–H and O–H groups in total.